The van der Waals surface area contributed by atoms with Gasteiger partial charge in [-0.25, -0.2) is 4.98 Å². The molecule has 78 valence electrons. The summed E-state index contributed by atoms with van der Waals surface area (Å²) in [6.45, 7) is 0.942. The summed E-state index contributed by atoms with van der Waals surface area (Å²) < 4.78 is 7.49. The molecule has 0 fully saturated rings. The average molecular weight is 203 g/mol. The molecule has 1 aliphatic heterocycles. The van der Waals surface area contributed by atoms with E-state index >= 15 is 0 Å². The van der Waals surface area contributed by atoms with Gasteiger partial charge >= 0.3 is 0 Å². The SMILES string of the molecule is Cn1ccnc1C1NCCc2occc21. The first-order valence-electron chi connectivity index (χ1n) is 5.13. The van der Waals surface area contributed by atoms with Crippen molar-refractivity contribution >= 4 is 0 Å². The van der Waals surface area contributed by atoms with Crippen LogP contribution in [0.4, 0.5) is 0 Å². The summed E-state index contributed by atoms with van der Waals surface area (Å²) in [5, 5.41) is 3.46. The molecule has 0 amide bonds. The van der Waals surface area contributed by atoms with Crippen LogP contribution < -0.4 is 5.32 Å². The minimum absolute atomic E-state index is 0.174. The molecule has 4 nitrogen and oxygen atoms in total. The molecule has 3 rings (SSSR count). The molecule has 0 saturated heterocycles. The highest BCUT2D eigenvalue weighted by molar-refractivity contribution is 5.29. The van der Waals surface area contributed by atoms with E-state index in [1.807, 2.05) is 30.1 Å². The zero-order chi connectivity index (χ0) is 10.3. The fraction of sp³-hybridized carbons (Fsp3) is 0.364. The molecule has 4 heteroatoms. The fourth-order valence-corrected chi connectivity index (χ4v) is 2.14. The Morgan fingerprint density at radius 2 is 2.53 bits per heavy atom. The normalized spacial score (nSPS) is 20.2. The molecule has 15 heavy (non-hydrogen) atoms. The molecule has 1 N–H and O–H groups in total. The molecule has 1 atom stereocenters. The molecule has 0 aliphatic carbocycles. The molecular formula is C11H13N3O. The van der Waals surface area contributed by atoms with Crippen LogP contribution in [0, 0.1) is 0 Å². The van der Waals surface area contributed by atoms with Gasteiger partial charge in [0.05, 0.1) is 12.3 Å². The van der Waals surface area contributed by atoms with Gasteiger partial charge in [0.2, 0.25) is 0 Å². The van der Waals surface area contributed by atoms with E-state index in [1.54, 1.807) is 6.26 Å². The highest BCUT2D eigenvalue weighted by Gasteiger charge is 2.25. The van der Waals surface area contributed by atoms with E-state index in [2.05, 4.69) is 10.3 Å². The Morgan fingerprint density at radius 1 is 1.60 bits per heavy atom. The van der Waals surface area contributed by atoms with Gasteiger partial charge in [-0.15, -0.1) is 0 Å². The van der Waals surface area contributed by atoms with Crippen LogP contribution in [0.25, 0.3) is 0 Å². The predicted octanol–water partition coefficient (Wildman–Crippen LogP) is 1.25. The minimum atomic E-state index is 0.174. The van der Waals surface area contributed by atoms with Gasteiger partial charge in [0.15, 0.2) is 0 Å². The monoisotopic (exact) mass is 203 g/mol. The molecule has 3 heterocycles. The first kappa shape index (κ1) is 8.73. The van der Waals surface area contributed by atoms with Gasteiger partial charge in [-0.3, -0.25) is 0 Å². The molecule has 0 bridgehead atoms. The lowest BCUT2D eigenvalue weighted by Gasteiger charge is -2.22. The Kier molecular flexibility index (Phi) is 1.89. The Morgan fingerprint density at radius 3 is 3.33 bits per heavy atom. The predicted molar refractivity (Wildman–Crippen MR) is 55.5 cm³/mol. The Balaban J connectivity index is 2.07. The highest BCUT2D eigenvalue weighted by Crippen LogP contribution is 2.27. The van der Waals surface area contributed by atoms with E-state index in [1.165, 1.54) is 5.56 Å². The second-order valence-electron chi connectivity index (χ2n) is 3.83. The van der Waals surface area contributed by atoms with Crippen LogP contribution in [0.2, 0.25) is 0 Å². The first-order valence-corrected chi connectivity index (χ1v) is 5.13. The van der Waals surface area contributed by atoms with Crippen molar-refractivity contribution < 1.29 is 4.42 Å². The molecule has 2 aromatic rings. The van der Waals surface area contributed by atoms with Crippen molar-refractivity contribution in [2.24, 2.45) is 7.05 Å². The van der Waals surface area contributed by atoms with Crippen molar-refractivity contribution in [1.29, 1.82) is 0 Å². The molecule has 2 aromatic heterocycles. The number of fused-ring (bicyclic) bond motifs is 1. The van der Waals surface area contributed by atoms with Gasteiger partial charge < -0.3 is 14.3 Å². The number of nitrogens with zero attached hydrogens (tertiary/aromatic N) is 2. The van der Waals surface area contributed by atoms with Crippen molar-refractivity contribution in [3.8, 4) is 0 Å². The largest absolute Gasteiger partial charge is 0.469 e. The maximum absolute atomic E-state index is 5.45. The van der Waals surface area contributed by atoms with Crippen molar-refractivity contribution in [1.82, 2.24) is 14.9 Å². The topological polar surface area (TPSA) is 43.0 Å². The van der Waals surface area contributed by atoms with Gasteiger partial charge in [0.1, 0.15) is 11.6 Å². The van der Waals surface area contributed by atoms with E-state index in [-0.39, 0.29) is 6.04 Å². The summed E-state index contributed by atoms with van der Waals surface area (Å²) >= 11 is 0. The van der Waals surface area contributed by atoms with E-state index in [9.17, 15) is 0 Å². The number of rotatable bonds is 1. The number of hydrogen-bond acceptors (Lipinski definition) is 3. The number of hydrogen-bond donors (Lipinski definition) is 1. The summed E-state index contributed by atoms with van der Waals surface area (Å²) in [5.74, 6) is 2.12. The third kappa shape index (κ3) is 1.29. The van der Waals surface area contributed by atoms with Crippen LogP contribution in [0.15, 0.2) is 29.1 Å². The molecule has 0 spiro atoms. The maximum atomic E-state index is 5.45. The van der Waals surface area contributed by atoms with Crippen molar-refractivity contribution in [2.45, 2.75) is 12.5 Å². The number of furan rings is 1. The number of nitrogens with one attached hydrogen (secondary N) is 1. The van der Waals surface area contributed by atoms with Gasteiger partial charge in [0.25, 0.3) is 0 Å². The summed E-state index contributed by atoms with van der Waals surface area (Å²) in [6.07, 6.45) is 6.51. The van der Waals surface area contributed by atoms with E-state index in [0.717, 1.165) is 24.6 Å². The van der Waals surface area contributed by atoms with E-state index < -0.39 is 0 Å². The van der Waals surface area contributed by atoms with Crippen LogP contribution in [-0.2, 0) is 13.5 Å². The summed E-state index contributed by atoms with van der Waals surface area (Å²) in [7, 11) is 2.01. The zero-order valence-electron chi connectivity index (χ0n) is 8.60. The van der Waals surface area contributed by atoms with Crippen LogP contribution >= 0.6 is 0 Å². The highest BCUT2D eigenvalue weighted by atomic mass is 16.3. The number of aryl methyl sites for hydroxylation is 1. The van der Waals surface area contributed by atoms with E-state index in [0.29, 0.717) is 0 Å². The van der Waals surface area contributed by atoms with Gasteiger partial charge in [0, 0.05) is 38.0 Å². The second-order valence-corrected chi connectivity index (χ2v) is 3.83. The minimum Gasteiger partial charge on any atom is -0.469 e. The second kappa shape index (κ2) is 3.24. The van der Waals surface area contributed by atoms with Crippen LogP contribution in [0.1, 0.15) is 23.2 Å². The van der Waals surface area contributed by atoms with E-state index in [4.69, 9.17) is 4.42 Å². The number of aromatic nitrogens is 2. The lowest BCUT2D eigenvalue weighted by molar-refractivity contribution is 0.445. The molecular weight excluding hydrogens is 190 g/mol. The quantitative estimate of drug-likeness (QED) is 0.758. The fourth-order valence-electron chi connectivity index (χ4n) is 2.14. The third-order valence-corrected chi connectivity index (χ3v) is 2.91. The lowest BCUT2D eigenvalue weighted by Crippen LogP contribution is -2.31. The number of imidazole rings is 1. The summed E-state index contributed by atoms with van der Waals surface area (Å²) in [5.41, 5.74) is 1.22. The standard InChI is InChI=1S/C11H13N3O/c1-14-6-5-13-11(14)10-8-3-7-15-9(8)2-4-12-10/h3,5-7,10,12H,2,4H2,1H3. The van der Waals surface area contributed by atoms with Crippen LogP contribution in [-0.4, -0.2) is 16.1 Å². The smallest absolute Gasteiger partial charge is 0.130 e. The lowest BCUT2D eigenvalue weighted by atomic mass is 10.0. The van der Waals surface area contributed by atoms with Crippen molar-refractivity contribution in [3.63, 3.8) is 0 Å². The third-order valence-electron chi connectivity index (χ3n) is 2.91. The first-order chi connectivity index (χ1) is 7.36. The maximum Gasteiger partial charge on any atom is 0.130 e. The van der Waals surface area contributed by atoms with Gasteiger partial charge in [-0.1, -0.05) is 0 Å². The Bertz CT molecular complexity index is 472. The molecule has 1 aliphatic rings. The summed E-state index contributed by atoms with van der Waals surface area (Å²) in [6, 6.07) is 2.20. The summed E-state index contributed by atoms with van der Waals surface area (Å²) in [4.78, 5) is 4.38. The Hall–Kier alpha value is -1.55. The zero-order valence-corrected chi connectivity index (χ0v) is 8.60. The Labute approximate surface area is 87.9 Å². The average Bonchev–Trinajstić information content (AvgIpc) is 2.85. The molecule has 0 aromatic carbocycles. The molecule has 1 unspecified atom stereocenters. The molecule has 0 radical (unpaired) electrons. The molecule has 0 saturated carbocycles. The van der Waals surface area contributed by atoms with Gasteiger partial charge in [-0.2, -0.15) is 0 Å². The van der Waals surface area contributed by atoms with Crippen LogP contribution in [0.5, 0.6) is 0 Å². The van der Waals surface area contributed by atoms with Crippen molar-refractivity contribution in [3.05, 3.63) is 41.9 Å². The van der Waals surface area contributed by atoms with Crippen molar-refractivity contribution in [2.75, 3.05) is 6.54 Å². The van der Waals surface area contributed by atoms with Gasteiger partial charge in [-0.05, 0) is 6.07 Å². The van der Waals surface area contributed by atoms with Crippen LogP contribution in [0.3, 0.4) is 0 Å².